The fourth-order valence-electron chi connectivity index (χ4n) is 2.03. The van der Waals surface area contributed by atoms with Gasteiger partial charge in [0.1, 0.15) is 5.82 Å². The summed E-state index contributed by atoms with van der Waals surface area (Å²) in [5.41, 5.74) is 6.94. The quantitative estimate of drug-likeness (QED) is 0.857. The highest BCUT2D eigenvalue weighted by Crippen LogP contribution is 2.23. The molecule has 0 unspecified atom stereocenters. The van der Waals surface area contributed by atoms with E-state index in [0.29, 0.717) is 18.8 Å². The Bertz CT molecular complexity index is 462. The van der Waals surface area contributed by atoms with Gasteiger partial charge in [0.2, 0.25) is 5.91 Å². The molecule has 0 bridgehead atoms. The maximum Gasteiger partial charge on any atom is 0.241 e. The van der Waals surface area contributed by atoms with Crippen LogP contribution < -0.4 is 10.6 Å². The van der Waals surface area contributed by atoms with Gasteiger partial charge in [-0.2, -0.15) is 0 Å². The molecule has 2 N–H and O–H groups in total. The molecule has 1 aliphatic rings. The van der Waals surface area contributed by atoms with Crippen LogP contribution in [0.4, 0.5) is 10.1 Å². The van der Waals surface area contributed by atoms with Gasteiger partial charge in [0, 0.05) is 26.2 Å². The van der Waals surface area contributed by atoms with Gasteiger partial charge in [0.05, 0.1) is 12.2 Å². The molecule has 0 spiro atoms. The lowest BCUT2D eigenvalue weighted by Crippen LogP contribution is -2.48. The largest absolute Gasteiger partial charge is 0.358 e. The van der Waals surface area contributed by atoms with Gasteiger partial charge in [0.15, 0.2) is 0 Å². The Morgan fingerprint density at radius 3 is 2.67 bits per heavy atom. The van der Waals surface area contributed by atoms with Crippen LogP contribution in [0, 0.1) is 5.82 Å². The molecular weight excluding hydrogens is 233 g/mol. The van der Waals surface area contributed by atoms with Crippen molar-refractivity contribution in [1.29, 1.82) is 0 Å². The molecule has 1 heterocycles. The molecule has 18 heavy (non-hydrogen) atoms. The van der Waals surface area contributed by atoms with Gasteiger partial charge in [-0.25, -0.2) is 4.39 Å². The van der Waals surface area contributed by atoms with Crippen LogP contribution in [-0.2, 0) is 4.79 Å². The van der Waals surface area contributed by atoms with Gasteiger partial charge in [-0.3, -0.25) is 4.79 Å². The van der Waals surface area contributed by atoms with Crippen molar-refractivity contribution in [2.75, 3.05) is 31.6 Å². The van der Waals surface area contributed by atoms with E-state index < -0.39 is 0 Å². The van der Waals surface area contributed by atoms with E-state index in [0.717, 1.165) is 5.56 Å². The Hall–Kier alpha value is -1.62. The summed E-state index contributed by atoms with van der Waals surface area (Å²) in [4.78, 5) is 15.0. The Morgan fingerprint density at radius 1 is 1.39 bits per heavy atom. The van der Waals surface area contributed by atoms with Gasteiger partial charge < -0.3 is 15.5 Å². The van der Waals surface area contributed by atoms with Gasteiger partial charge >= 0.3 is 0 Å². The first kappa shape index (κ1) is 12.8. The molecule has 2 rings (SSSR count). The summed E-state index contributed by atoms with van der Waals surface area (Å²) in [6, 6.07) is 4.77. The summed E-state index contributed by atoms with van der Waals surface area (Å²) in [5, 5.41) is 0. The molecule has 1 aromatic carbocycles. The average Bonchev–Trinajstić information content (AvgIpc) is 2.32. The number of hydrogen-bond acceptors (Lipinski definition) is 3. The molecule has 1 aliphatic heterocycles. The molecule has 4 nitrogen and oxygen atoms in total. The lowest BCUT2D eigenvalue weighted by Gasteiger charge is -2.33. The van der Waals surface area contributed by atoms with Crippen LogP contribution in [0.25, 0.3) is 0 Å². The number of amides is 1. The minimum atomic E-state index is -0.317. The molecule has 1 atom stereocenters. The highest BCUT2D eigenvalue weighted by molar-refractivity contribution is 5.82. The fraction of sp³-hybridized carbons (Fsp3) is 0.462. The standard InChI is InChI=1S/C13H18FN3O/c1-9(15)10-3-4-12(11(14)7-10)17-6-5-16(2)13(18)8-17/h3-4,7,9H,5-6,8,15H2,1-2H3/t9-/m1/s1. The van der Waals surface area contributed by atoms with Crippen molar-refractivity contribution in [2.45, 2.75) is 13.0 Å². The number of nitrogens with zero attached hydrogens (tertiary/aromatic N) is 2. The van der Waals surface area contributed by atoms with E-state index in [-0.39, 0.29) is 24.3 Å². The second kappa shape index (κ2) is 4.94. The van der Waals surface area contributed by atoms with E-state index >= 15 is 0 Å². The van der Waals surface area contributed by atoms with Crippen molar-refractivity contribution >= 4 is 11.6 Å². The molecule has 1 saturated heterocycles. The molecular formula is C13H18FN3O. The van der Waals surface area contributed by atoms with Crippen molar-refractivity contribution < 1.29 is 9.18 Å². The van der Waals surface area contributed by atoms with Crippen LogP contribution in [0.5, 0.6) is 0 Å². The number of rotatable bonds is 2. The predicted molar refractivity (Wildman–Crippen MR) is 68.9 cm³/mol. The summed E-state index contributed by atoms with van der Waals surface area (Å²) in [6.07, 6.45) is 0. The van der Waals surface area contributed by atoms with Gasteiger partial charge in [0.25, 0.3) is 0 Å². The van der Waals surface area contributed by atoms with E-state index in [2.05, 4.69) is 0 Å². The molecule has 1 fully saturated rings. The van der Waals surface area contributed by atoms with E-state index in [4.69, 9.17) is 5.73 Å². The Balaban J connectivity index is 2.21. The average molecular weight is 251 g/mol. The molecule has 0 saturated carbocycles. The predicted octanol–water partition coefficient (Wildman–Crippen LogP) is 1.12. The minimum Gasteiger partial charge on any atom is -0.358 e. The Kier molecular flexibility index (Phi) is 3.52. The number of nitrogens with two attached hydrogens (primary N) is 1. The number of carbonyl (C=O) groups is 1. The maximum atomic E-state index is 14.0. The molecule has 5 heteroatoms. The number of carbonyl (C=O) groups excluding carboxylic acids is 1. The van der Waals surface area contributed by atoms with Crippen LogP contribution in [0.2, 0.25) is 0 Å². The fourth-order valence-corrected chi connectivity index (χ4v) is 2.03. The lowest BCUT2D eigenvalue weighted by molar-refractivity contribution is -0.129. The monoisotopic (exact) mass is 251 g/mol. The number of piperazine rings is 1. The van der Waals surface area contributed by atoms with Crippen molar-refractivity contribution in [2.24, 2.45) is 5.73 Å². The molecule has 1 aromatic rings. The molecule has 1 amide bonds. The summed E-state index contributed by atoms with van der Waals surface area (Å²) in [6.45, 7) is 3.31. The van der Waals surface area contributed by atoms with Crippen molar-refractivity contribution in [3.8, 4) is 0 Å². The van der Waals surface area contributed by atoms with Crippen molar-refractivity contribution in [1.82, 2.24) is 4.90 Å². The van der Waals surface area contributed by atoms with E-state index in [1.807, 2.05) is 13.0 Å². The Morgan fingerprint density at radius 2 is 2.11 bits per heavy atom. The third-order valence-electron chi connectivity index (χ3n) is 3.30. The molecule has 98 valence electrons. The number of hydrogen-bond donors (Lipinski definition) is 1. The second-order valence-corrected chi connectivity index (χ2v) is 4.74. The first-order chi connectivity index (χ1) is 8.49. The van der Waals surface area contributed by atoms with E-state index in [9.17, 15) is 9.18 Å². The summed E-state index contributed by atoms with van der Waals surface area (Å²) in [7, 11) is 1.76. The van der Waals surface area contributed by atoms with Crippen LogP contribution >= 0.6 is 0 Å². The van der Waals surface area contributed by atoms with Crippen LogP contribution in [-0.4, -0.2) is 37.5 Å². The van der Waals surface area contributed by atoms with E-state index in [1.165, 1.54) is 6.07 Å². The highest BCUT2D eigenvalue weighted by atomic mass is 19.1. The number of benzene rings is 1. The normalized spacial score (nSPS) is 18.1. The number of halogens is 1. The number of anilines is 1. The smallest absolute Gasteiger partial charge is 0.241 e. The molecule has 0 aromatic heterocycles. The first-order valence-corrected chi connectivity index (χ1v) is 6.03. The zero-order valence-corrected chi connectivity index (χ0v) is 10.7. The van der Waals surface area contributed by atoms with Crippen LogP contribution in [0.15, 0.2) is 18.2 Å². The Labute approximate surface area is 106 Å². The third-order valence-corrected chi connectivity index (χ3v) is 3.30. The molecule has 0 aliphatic carbocycles. The SMILES string of the molecule is C[C@@H](N)c1ccc(N2CCN(C)C(=O)C2)c(F)c1. The minimum absolute atomic E-state index is 0.0110. The first-order valence-electron chi connectivity index (χ1n) is 6.03. The van der Waals surface area contributed by atoms with Gasteiger partial charge in [-0.05, 0) is 24.6 Å². The topological polar surface area (TPSA) is 49.6 Å². The summed E-state index contributed by atoms with van der Waals surface area (Å²) < 4.78 is 14.0. The summed E-state index contributed by atoms with van der Waals surface area (Å²) in [5.74, 6) is -0.306. The van der Waals surface area contributed by atoms with Crippen LogP contribution in [0.3, 0.4) is 0 Å². The zero-order chi connectivity index (χ0) is 13.3. The lowest BCUT2D eigenvalue weighted by atomic mass is 10.1. The van der Waals surface area contributed by atoms with Crippen LogP contribution in [0.1, 0.15) is 18.5 Å². The molecule has 0 radical (unpaired) electrons. The maximum absolute atomic E-state index is 14.0. The number of likely N-dealkylation sites (N-methyl/N-ethyl adjacent to an activating group) is 1. The summed E-state index contributed by atoms with van der Waals surface area (Å²) >= 11 is 0. The third kappa shape index (κ3) is 2.46. The zero-order valence-electron chi connectivity index (χ0n) is 10.7. The van der Waals surface area contributed by atoms with Gasteiger partial charge in [-0.15, -0.1) is 0 Å². The van der Waals surface area contributed by atoms with Crippen molar-refractivity contribution in [3.05, 3.63) is 29.6 Å². The van der Waals surface area contributed by atoms with E-state index in [1.54, 1.807) is 22.9 Å². The highest BCUT2D eigenvalue weighted by Gasteiger charge is 2.23. The van der Waals surface area contributed by atoms with Crippen molar-refractivity contribution in [3.63, 3.8) is 0 Å². The van der Waals surface area contributed by atoms with Gasteiger partial charge in [-0.1, -0.05) is 6.07 Å². The second-order valence-electron chi connectivity index (χ2n) is 4.74.